The van der Waals surface area contributed by atoms with Crippen LogP contribution in [0.1, 0.15) is 13.3 Å². The van der Waals surface area contributed by atoms with E-state index in [2.05, 4.69) is 21.9 Å². The monoisotopic (exact) mass is 258 g/mol. The van der Waals surface area contributed by atoms with E-state index in [4.69, 9.17) is 0 Å². The molecule has 0 saturated heterocycles. The number of anilines is 2. The minimum atomic E-state index is -3.48. The van der Waals surface area contributed by atoms with Gasteiger partial charge in [-0.15, -0.1) is 0 Å². The van der Waals surface area contributed by atoms with Gasteiger partial charge in [-0.1, -0.05) is 6.92 Å². The molecule has 6 nitrogen and oxygen atoms in total. The second-order valence-corrected chi connectivity index (χ2v) is 5.63. The van der Waals surface area contributed by atoms with Gasteiger partial charge in [0.2, 0.25) is 0 Å². The van der Waals surface area contributed by atoms with Crippen molar-refractivity contribution in [1.82, 2.24) is 9.29 Å². The molecule has 1 aromatic rings. The Labute approximate surface area is 102 Å². The summed E-state index contributed by atoms with van der Waals surface area (Å²) in [6, 6.07) is 3.41. The van der Waals surface area contributed by atoms with Crippen molar-refractivity contribution < 1.29 is 8.42 Å². The molecule has 0 fully saturated rings. The maximum absolute atomic E-state index is 11.5. The van der Waals surface area contributed by atoms with Crippen LogP contribution in [0.3, 0.4) is 0 Å². The molecule has 0 radical (unpaired) electrons. The molecule has 2 N–H and O–H groups in total. The molecule has 0 aliphatic rings. The lowest BCUT2D eigenvalue weighted by atomic mass is 10.4. The van der Waals surface area contributed by atoms with Crippen LogP contribution in [-0.2, 0) is 10.2 Å². The predicted molar refractivity (Wildman–Crippen MR) is 69.2 cm³/mol. The van der Waals surface area contributed by atoms with Crippen molar-refractivity contribution in [1.29, 1.82) is 0 Å². The Morgan fingerprint density at radius 1 is 1.35 bits per heavy atom. The Morgan fingerprint density at radius 3 is 2.53 bits per heavy atom. The summed E-state index contributed by atoms with van der Waals surface area (Å²) in [4.78, 5) is 4.02. The molecular weight excluding hydrogens is 240 g/mol. The van der Waals surface area contributed by atoms with Crippen LogP contribution in [0, 0.1) is 0 Å². The summed E-state index contributed by atoms with van der Waals surface area (Å²) >= 11 is 0. The van der Waals surface area contributed by atoms with E-state index < -0.39 is 10.2 Å². The molecule has 7 heteroatoms. The van der Waals surface area contributed by atoms with Crippen LogP contribution < -0.4 is 10.0 Å². The fraction of sp³-hybridized carbons (Fsp3) is 0.500. The minimum absolute atomic E-state index is 0.306. The molecule has 96 valence electrons. The largest absolute Gasteiger partial charge is 0.384 e. The van der Waals surface area contributed by atoms with Gasteiger partial charge in [0, 0.05) is 20.6 Å². The van der Waals surface area contributed by atoms with Gasteiger partial charge in [0.1, 0.15) is 5.82 Å². The fourth-order valence-electron chi connectivity index (χ4n) is 1.05. The van der Waals surface area contributed by atoms with Gasteiger partial charge in [-0.2, -0.15) is 12.7 Å². The normalized spacial score (nSPS) is 11.5. The number of aromatic nitrogens is 1. The average molecular weight is 258 g/mol. The molecule has 0 spiro atoms. The molecule has 0 unspecified atom stereocenters. The lowest BCUT2D eigenvalue weighted by Crippen LogP contribution is -2.29. The summed E-state index contributed by atoms with van der Waals surface area (Å²) < 4.78 is 26.5. The van der Waals surface area contributed by atoms with Crippen molar-refractivity contribution in [3.63, 3.8) is 0 Å². The van der Waals surface area contributed by atoms with Crippen LogP contribution in [-0.4, -0.2) is 38.3 Å². The minimum Gasteiger partial charge on any atom is -0.384 e. The zero-order valence-electron chi connectivity index (χ0n) is 10.3. The maximum atomic E-state index is 11.5. The lowest BCUT2D eigenvalue weighted by molar-refractivity contribution is 0.526. The highest BCUT2D eigenvalue weighted by atomic mass is 32.2. The van der Waals surface area contributed by atoms with E-state index in [0.717, 1.165) is 23.0 Å². The van der Waals surface area contributed by atoms with Crippen molar-refractivity contribution in [2.45, 2.75) is 13.3 Å². The highest BCUT2D eigenvalue weighted by molar-refractivity contribution is 7.90. The maximum Gasteiger partial charge on any atom is 0.302 e. The SMILES string of the molecule is CCCNc1ccc(NS(=O)(=O)N(C)C)nc1. The summed E-state index contributed by atoms with van der Waals surface area (Å²) in [5.41, 5.74) is 0.875. The second kappa shape index (κ2) is 5.83. The van der Waals surface area contributed by atoms with E-state index in [1.165, 1.54) is 14.1 Å². The number of hydrogen-bond donors (Lipinski definition) is 2. The quantitative estimate of drug-likeness (QED) is 0.802. The summed E-state index contributed by atoms with van der Waals surface area (Å²) in [5, 5.41) is 3.16. The zero-order chi connectivity index (χ0) is 12.9. The molecule has 0 amide bonds. The van der Waals surface area contributed by atoms with Crippen molar-refractivity contribution in [3.8, 4) is 0 Å². The molecule has 1 rings (SSSR count). The van der Waals surface area contributed by atoms with E-state index in [9.17, 15) is 8.42 Å². The van der Waals surface area contributed by atoms with Gasteiger partial charge >= 0.3 is 10.2 Å². The number of nitrogens with one attached hydrogen (secondary N) is 2. The van der Waals surface area contributed by atoms with Crippen LogP contribution >= 0.6 is 0 Å². The van der Waals surface area contributed by atoms with Crippen molar-refractivity contribution in [3.05, 3.63) is 18.3 Å². The first kappa shape index (κ1) is 13.7. The van der Waals surface area contributed by atoms with Crippen LogP contribution in [0.15, 0.2) is 18.3 Å². The third-order valence-electron chi connectivity index (χ3n) is 2.06. The first-order valence-corrected chi connectivity index (χ1v) is 6.80. The van der Waals surface area contributed by atoms with Gasteiger partial charge < -0.3 is 5.32 Å². The van der Waals surface area contributed by atoms with Crippen molar-refractivity contribution >= 4 is 21.7 Å². The van der Waals surface area contributed by atoms with E-state index in [-0.39, 0.29) is 0 Å². The predicted octanol–water partition coefficient (Wildman–Crippen LogP) is 1.12. The molecule has 0 aliphatic heterocycles. The Hall–Kier alpha value is -1.34. The highest BCUT2D eigenvalue weighted by Crippen LogP contribution is 2.11. The van der Waals surface area contributed by atoms with Gasteiger partial charge in [-0.25, -0.2) is 4.98 Å². The van der Waals surface area contributed by atoms with E-state index >= 15 is 0 Å². The average Bonchev–Trinajstić information content (AvgIpc) is 2.27. The van der Waals surface area contributed by atoms with Crippen LogP contribution in [0.5, 0.6) is 0 Å². The second-order valence-electron chi connectivity index (χ2n) is 3.75. The van der Waals surface area contributed by atoms with Gasteiger partial charge in [0.05, 0.1) is 11.9 Å². The van der Waals surface area contributed by atoms with Crippen LogP contribution in [0.25, 0.3) is 0 Å². The highest BCUT2D eigenvalue weighted by Gasteiger charge is 2.13. The number of hydrogen-bond acceptors (Lipinski definition) is 4. The van der Waals surface area contributed by atoms with Crippen LogP contribution in [0.2, 0.25) is 0 Å². The third kappa shape index (κ3) is 4.20. The lowest BCUT2D eigenvalue weighted by Gasteiger charge is -2.13. The smallest absolute Gasteiger partial charge is 0.302 e. The summed E-state index contributed by atoms with van der Waals surface area (Å²) in [5.74, 6) is 0.306. The Balaban J connectivity index is 2.69. The zero-order valence-corrected chi connectivity index (χ0v) is 11.1. The Bertz CT molecular complexity index is 442. The molecule has 1 aromatic heterocycles. The number of rotatable bonds is 6. The molecule has 17 heavy (non-hydrogen) atoms. The van der Waals surface area contributed by atoms with E-state index in [1.807, 2.05) is 0 Å². The van der Waals surface area contributed by atoms with Crippen LogP contribution in [0.4, 0.5) is 11.5 Å². The molecule has 0 bridgehead atoms. The van der Waals surface area contributed by atoms with Gasteiger partial charge in [0.15, 0.2) is 0 Å². The molecular formula is C10H18N4O2S. The molecule has 0 aliphatic carbocycles. The Morgan fingerprint density at radius 2 is 2.06 bits per heavy atom. The molecule has 0 saturated carbocycles. The topological polar surface area (TPSA) is 74.3 Å². The summed E-state index contributed by atoms with van der Waals surface area (Å²) in [7, 11) is -0.565. The van der Waals surface area contributed by atoms with Gasteiger partial charge in [0.25, 0.3) is 0 Å². The molecule has 0 atom stereocenters. The number of nitrogens with zero attached hydrogens (tertiary/aromatic N) is 2. The van der Waals surface area contributed by atoms with Crippen molar-refractivity contribution in [2.24, 2.45) is 0 Å². The third-order valence-corrected chi connectivity index (χ3v) is 3.49. The first-order valence-electron chi connectivity index (χ1n) is 5.36. The fourth-order valence-corrected chi connectivity index (χ4v) is 1.62. The molecule has 1 heterocycles. The standard InChI is InChI=1S/C10H18N4O2S/c1-4-7-11-9-5-6-10(12-8-9)13-17(15,16)14(2)3/h5-6,8,11H,4,7H2,1-3H3,(H,12,13). The number of pyridine rings is 1. The van der Waals surface area contributed by atoms with Gasteiger partial charge in [-0.05, 0) is 18.6 Å². The van der Waals surface area contributed by atoms with E-state index in [0.29, 0.717) is 5.82 Å². The molecule has 0 aromatic carbocycles. The Kier molecular flexibility index (Phi) is 4.71. The van der Waals surface area contributed by atoms with Gasteiger partial charge in [-0.3, -0.25) is 4.72 Å². The van der Waals surface area contributed by atoms with Crippen molar-refractivity contribution in [2.75, 3.05) is 30.7 Å². The summed E-state index contributed by atoms with van der Waals surface area (Å²) in [6.45, 7) is 2.93. The first-order chi connectivity index (χ1) is 7.95. The summed E-state index contributed by atoms with van der Waals surface area (Å²) in [6.07, 6.45) is 2.62. The van der Waals surface area contributed by atoms with E-state index in [1.54, 1.807) is 18.3 Å².